The van der Waals surface area contributed by atoms with Crippen LogP contribution in [-0.2, 0) is 11.3 Å². The molecule has 0 bridgehead atoms. The van der Waals surface area contributed by atoms with E-state index >= 15 is 0 Å². The number of aliphatic hydroxyl groups excluding tert-OH is 1. The number of carboxylic acid groups (broad SMARTS) is 1. The Kier molecular flexibility index (Phi) is 7.53. The van der Waals surface area contributed by atoms with Gasteiger partial charge in [-0.3, -0.25) is 9.59 Å². The van der Waals surface area contributed by atoms with E-state index in [-0.39, 0.29) is 37.0 Å². The Hall–Kier alpha value is -3.32. The molecule has 1 atom stereocenters. The van der Waals surface area contributed by atoms with E-state index in [4.69, 9.17) is 9.84 Å². The summed E-state index contributed by atoms with van der Waals surface area (Å²) in [6.45, 7) is 2.87. The van der Waals surface area contributed by atoms with Crippen molar-refractivity contribution in [2.75, 3.05) is 13.2 Å². The summed E-state index contributed by atoms with van der Waals surface area (Å²) in [5.74, 6) is -0.0775. The van der Waals surface area contributed by atoms with Gasteiger partial charge in [-0.05, 0) is 68.4 Å². The summed E-state index contributed by atoms with van der Waals surface area (Å²) in [5.41, 5.74) is 2.60. The smallest absolute Gasteiger partial charge is 0.306 e. The van der Waals surface area contributed by atoms with Gasteiger partial charge in [-0.1, -0.05) is 24.3 Å². The van der Waals surface area contributed by atoms with Gasteiger partial charge in [-0.2, -0.15) is 0 Å². The highest BCUT2D eigenvalue weighted by atomic mass is 16.5. The molecular weight excluding hydrogens is 432 g/mol. The fourth-order valence-corrected chi connectivity index (χ4v) is 4.90. The predicted molar refractivity (Wildman–Crippen MR) is 130 cm³/mol. The number of aromatic nitrogens is 1. The number of rotatable bonds is 9. The van der Waals surface area contributed by atoms with Crippen LogP contribution in [0.1, 0.15) is 48.5 Å². The lowest BCUT2D eigenvalue weighted by molar-refractivity contribution is -0.143. The van der Waals surface area contributed by atoms with E-state index in [2.05, 4.69) is 9.88 Å². The summed E-state index contributed by atoms with van der Waals surface area (Å²) in [6, 6.07) is 15.5. The van der Waals surface area contributed by atoms with Crippen molar-refractivity contribution >= 4 is 22.8 Å². The van der Waals surface area contributed by atoms with E-state index in [0.29, 0.717) is 30.7 Å². The predicted octanol–water partition coefficient (Wildman–Crippen LogP) is 4.07. The van der Waals surface area contributed by atoms with Gasteiger partial charge in [0.1, 0.15) is 12.4 Å². The molecule has 34 heavy (non-hydrogen) atoms. The third-order valence-electron chi connectivity index (χ3n) is 6.86. The number of benzene rings is 2. The molecule has 1 aromatic heterocycles. The number of hydrogen-bond donors (Lipinski definition) is 3. The largest absolute Gasteiger partial charge is 0.491 e. The average Bonchev–Trinajstić information content (AvgIpc) is 3.26. The number of nitrogens with one attached hydrogen (secondary N) is 1. The number of amides is 1. The van der Waals surface area contributed by atoms with Crippen molar-refractivity contribution in [1.82, 2.24) is 9.88 Å². The van der Waals surface area contributed by atoms with Crippen molar-refractivity contribution in [2.24, 2.45) is 11.8 Å². The van der Waals surface area contributed by atoms with Gasteiger partial charge in [0.15, 0.2) is 0 Å². The number of ether oxygens (including phenoxy) is 1. The van der Waals surface area contributed by atoms with Crippen molar-refractivity contribution < 1.29 is 24.5 Å². The van der Waals surface area contributed by atoms with Gasteiger partial charge in [-0.25, -0.2) is 0 Å². The molecule has 0 saturated heterocycles. The van der Waals surface area contributed by atoms with E-state index in [9.17, 15) is 14.7 Å². The number of aliphatic hydroxyl groups is 1. The lowest BCUT2D eigenvalue weighted by Crippen LogP contribution is -2.40. The van der Waals surface area contributed by atoms with Crippen LogP contribution < -0.4 is 10.1 Å². The molecule has 1 amide bonds. The third kappa shape index (κ3) is 5.42. The van der Waals surface area contributed by atoms with Crippen molar-refractivity contribution in [3.05, 3.63) is 65.9 Å². The van der Waals surface area contributed by atoms with Gasteiger partial charge in [0.05, 0.1) is 23.6 Å². The first-order chi connectivity index (χ1) is 16.5. The topological polar surface area (TPSA) is 101 Å². The van der Waals surface area contributed by atoms with Crippen LogP contribution in [0.2, 0.25) is 0 Å². The van der Waals surface area contributed by atoms with Gasteiger partial charge in [0.2, 0.25) is 0 Å². The fraction of sp³-hybridized carbons (Fsp3) is 0.407. The molecule has 4 rings (SSSR count). The van der Waals surface area contributed by atoms with Gasteiger partial charge >= 0.3 is 5.97 Å². The van der Waals surface area contributed by atoms with Crippen LogP contribution in [0.25, 0.3) is 10.9 Å². The van der Waals surface area contributed by atoms with Crippen molar-refractivity contribution in [3.63, 3.8) is 0 Å². The first kappa shape index (κ1) is 23.8. The molecular formula is C27H32N2O5. The second-order valence-electron chi connectivity index (χ2n) is 9.12. The van der Waals surface area contributed by atoms with E-state index < -0.39 is 5.97 Å². The molecule has 1 fully saturated rings. The zero-order valence-corrected chi connectivity index (χ0v) is 19.4. The Labute approximate surface area is 199 Å². The number of carboxylic acids is 1. The summed E-state index contributed by atoms with van der Waals surface area (Å²) in [5, 5.41) is 22.3. The minimum Gasteiger partial charge on any atom is -0.491 e. The second-order valence-corrected chi connectivity index (χ2v) is 9.12. The number of fused-ring (bicyclic) bond motifs is 1. The van der Waals surface area contributed by atoms with Crippen LogP contribution in [0, 0.1) is 11.8 Å². The van der Waals surface area contributed by atoms with Crippen LogP contribution in [0.5, 0.6) is 5.75 Å². The highest BCUT2D eigenvalue weighted by Crippen LogP contribution is 2.31. The number of aliphatic carboxylic acids is 1. The second kappa shape index (κ2) is 10.7. The quantitative estimate of drug-likeness (QED) is 0.443. The summed E-state index contributed by atoms with van der Waals surface area (Å²) < 4.78 is 7.51. The molecule has 3 N–H and O–H groups in total. The molecule has 0 aliphatic heterocycles. The Morgan fingerprint density at radius 2 is 1.82 bits per heavy atom. The molecule has 7 heteroatoms. The fourth-order valence-electron chi connectivity index (χ4n) is 4.90. The Morgan fingerprint density at radius 1 is 1.09 bits per heavy atom. The number of nitrogens with zero attached hydrogens (tertiary/aromatic N) is 1. The van der Waals surface area contributed by atoms with E-state index in [1.54, 1.807) is 0 Å². The van der Waals surface area contributed by atoms with Crippen molar-refractivity contribution in [1.29, 1.82) is 0 Å². The first-order valence-corrected chi connectivity index (χ1v) is 11.9. The molecule has 1 saturated carbocycles. The maximum absolute atomic E-state index is 13.3. The SMILES string of the molecule is C[C@H](NC(=O)c1cccc2ccn(Cc3ccc(OCCO)cc3)c12)C1CCC(C(=O)O)CC1. The molecule has 0 spiro atoms. The van der Waals surface area contributed by atoms with E-state index in [0.717, 1.165) is 29.3 Å². The number of carbonyl (C=O) groups is 2. The zero-order chi connectivity index (χ0) is 24.1. The third-order valence-corrected chi connectivity index (χ3v) is 6.86. The van der Waals surface area contributed by atoms with Gasteiger partial charge in [-0.15, -0.1) is 0 Å². The van der Waals surface area contributed by atoms with Gasteiger partial charge in [0, 0.05) is 24.2 Å². The standard InChI is InChI=1S/C27H32N2O5/c1-18(20-7-9-22(10-8-20)27(32)33)28-26(31)24-4-2-3-21-13-14-29(25(21)24)17-19-5-11-23(12-6-19)34-16-15-30/h2-6,11-14,18,20,22,30H,7-10,15-17H2,1H3,(H,28,31)(H,32,33)/t18-,20?,22?/m0/s1. The molecule has 180 valence electrons. The summed E-state index contributed by atoms with van der Waals surface area (Å²) in [4.78, 5) is 24.5. The molecule has 7 nitrogen and oxygen atoms in total. The van der Waals surface area contributed by atoms with Crippen molar-refractivity contribution in [2.45, 2.75) is 45.2 Å². The minimum absolute atomic E-state index is 0.0209. The molecule has 3 aromatic rings. The maximum atomic E-state index is 13.3. The maximum Gasteiger partial charge on any atom is 0.306 e. The summed E-state index contributed by atoms with van der Waals surface area (Å²) in [6.07, 6.45) is 4.97. The molecule has 1 heterocycles. The lowest BCUT2D eigenvalue weighted by Gasteiger charge is -2.31. The van der Waals surface area contributed by atoms with Gasteiger partial charge in [0.25, 0.3) is 5.91 Å². The van der Waals surface area contributed by atoms with E-state index in [1.807, 2.05) is 61.7 Å². The highest BCUT2D eigenvalue weighted by molar-refractivity contribution is 6.06. The Morgan fingerprint density at radius 3 is 2.50 bits per heavy atom. The van der Waals surface area contributed by atoms with Crippen LogP contribution in [-0.4, -0.2) is 45.9 Å². The van der Waals surface area contributed by atoms with Gasteiger partial charge < -0.3 is 24.8 Å². The molecule has 0 radical (unpaired) electrons. The summed E-state index contributed by atoms with van der Waals surface area (Å²) in [7, 11) is 0. The van der Waals surface area contributed by atoms with Crippen LogP contribution >= 0.6 is 0 Å². The molecule has 2 aromatic carbocycles. The minimum atomic E-state index is -0.713. The van der Waals surface area contributed by atoms with E-state index in [1.165, 1.54) is 0 Å². The number of hydrogen-bond acceptors (Lipinski definition) is 4. The highest BCUT2D eigenvalue weighted by Gasteiger charge is 2.29. The van der Waals surface area contributed by atoms with Crippen LogP contribution in [0.4, 0.5) is 0 Å². The Bertz CT molecular complexity index is 1130. The molecule has 1 aliphatic carbocycles. The lowest BCUT2D eigenvalue weighted by atomic mass is 9.79. The summed E-state index contributed by atoms with van der Waals surface area (Å²) >= 11 is 0. The number of carbonyl (C=O) groups excluding carboxylic acids is 1. The van der Waals surface area contributed by atoms with Crippen molar-refractivity contribution in [3.8, 4) is 5.75 Å². The average molecular weight is 465 g/mol. The monoisotopic (exact) mass is 464 g/mol. The normalized spacial score (nSPS) is 19.0. The van der Waals surface area contributed by atoms with Crippen LogP contribution in [0.15, 0.2) is 54.7 Å². The molecule has 1 aliphatic rings. The first-order valence-electron chi connectivity index (χ1n) is 11.9. The zero-order valence-electron chi connectivity index (χ0n) is 19.4. The Balaban J connectivity index is 1.47. The van der Waals surface area contributed by atoms with Crippen LogP contribution in [0.3, 0.4) is 0 Å². The number of para-hydroxylation sites is 1. The molecule has 0 unspecified atom stereocenters.